The van der Waals surface area contributed by atoms with E-state index in [4.69, 9.17) is 4.74 Å². The average molecular weight is 324 g/mol. The molecule has 0 bridgehead atoms. The van der Waals surface area contributed by atoms with Crippen molar-refractivity contribution >= 4 is 17.3 Å². The highest BCUT2D eigenvalue weighted by Crippen LogP contribution is 2.32. The molecule has 1 N–H and O–H groups in total. The molecule has 0 spiro atoms. The van der Waals surface area contributed by atoms with E-state index in [2.05, 4.69) is 5.32 Å². The van der Waals surface area contributed by atoms with Crippen LogP contribution in [0.2, 0.25) is 0 Å². The summed E-state index contributed by atoms with van der Waals surface area (Å²) in [7, 11) is 0. The monoisotopic (exact) mass is 324 g/mol. The standard InChI is InChI=1S/C20H24N2O2/c1-2-17-20(23)22(19-13-7-6-12-18(19)21-17)14-8-9-15-24-16-10-4-3-5-11-16/h3-7,10-13,17,21H,2,8-9,14-15H2,1H3. The van der Waals surface area contributed by atoms with E-state index >= 15 is 0 Å². The van der Waals surface area contributed by atoms with Crippen LogP contribution >= 0.6 is 0 Å². The summed E-state index contributed by atoms with van der Waals surface area (Å²) < 4.78 is 5.72. The van der Waals surface area contributed by atoms with Gasteiger partial charge >= 0.3 is 0 Å². The van der Waals surface area contributed by atoms with Gasteiger partial charge in [-0.25, -0.2) is 0 Å². The SMILES string of the molecule is CCC1Nc2ccccc2N(CCCCOc2ccccc2)C1=O. The van der Waals surface area contributed by atoms with E-state index in [0.29, 0.717) is 6.61 Å². The van der Waals surface area contributed by atoms with Gasteiger partial charge in [-0.05, 0) is 43.5 Å². The van der Waals surface area contributed by atoms with E-state index in [-0.39, 0.29) is 11.9 Å². The Morgan fingerprint density at radius 1 is 1.04 bits per heavy atom. The first-order valence-electron chi connectivity index (χ1n) is 8.64. The molecule has 0 radical (unpaired) electrons. The van der Waals surface area contributed by atoms with Crippen LogP contribution in [0.4, 0.5) is 11.4 Å². The van der Waals surface area contributed by atoms with Crippen molar-refractivity contribution < 1.29 is 9.53 Å². The molecule has 24 heavy (non-hydrogen) atoms. The van der Waals surface area contributed by atoms with E-state index in [9.17, 15) is 4.79 Å². The van der Waals surface area contributed by atoms with Gasteiger partial charge in [0, 0.05) is 6.54 Å². The van der Waals surface area contributed by atoms with Crippen LogP contribution in [-0.2, 0) is 4.79 Å². The van der Waals surface area contributed by atoms with Crippen molar-refractivity contribution in [3.8, 4) is 5.75 Å². The highest BCUT2D eigenvalue weighted by Gasteiger charge is 2.30. The predicted molar refractivity (Wildman–Crippen MR) is 97.7 cm³/mol. The second-order valence-corrected chi connectivity index (χ2v) is 5.98. The summed E-state index contributed by atoms with van der Waals surface area (Å²) in [4.78, 5) is 14.6. The van der Waals surface area contributed by atoms with E-state index in [1.807, 2.05) is 66.4 Å². The van der Waals surface area contributed by atoms with Crippen LogP contribution in [-0.4, -0.2) is 25.1 Å². The smallest absolute Gasteiger partial charge is 0.249 e. The normalized spacial score (nSPS) is 16.5. The van der Waals surface area contributed by atoms with Crippen LogP contribution < -0.4 is 15.0 Å². The van der Waals surface area contributed by atoms with Crippen molar-refractivity contribution in [3.63, 3.8) is 0 Å². The average Bonchev–Trinajstić information content (AvgIpc) is 2.63. The van der Waals surface area contributed by atoms with Gasteiger partial charge in [0.15, 0.2) is 0 Å². The van der Waals surface area contributed by atoms with Crippen molar-refractivity contribution in [2.45, 2.75) is 32.2 Å². The summed E-state index contributed by atoms with van der Waals surface area (Å²) in [6, 6.07) is 17.7. The molecule has 4 heteroatoms. The number of carbonyl (C=O) groups is 1. The number of benzene rings is 2. The Morgan fingerprint density at radius 2 is 1.79 bits per heavy atom. The number of carbonyl (C=O) groups excluding carboxylic acids is 1. The quantitative estimate of drug-likeness (QED) is 0.780. The van der Waals surface area contributed by atoms with Gasteiger partial charge in [-0.15, -0.1) is 0 Å². The largest absolute Gasteiger partial charge is 0.494 e. The maximum Gasteiger partial charge on any atom is 0.249 e. The zero-order valence-corrected chi connectivity index (χ0v) is 14.1. The third-order valence-corrected chi connectivity index (χ3v) is 4.28. The molecular weight excluding hydrogens is 300 g/mol. The summed E-state index contributed by atoms with van der Waals surface area (Å²) in [5, 5.41) is 3.33. The molecule has 1 heterocycles. The first-order chi connectivity index (χ1) is 11.8. The van der Waals surface area contributed by atoms with Gasteiger partial charge in [0.05, 0.1) is 18.0 Å². The van der Waals surface area contributed by atoms with Crippen LogP contribution in [0, 0.1) is 0 Å². The zero-order chi connectivity index (χ0) is 16.8. The van der Waals surface area contributed by atoms with Crippen LogP contribution in [0.25, 0.3) is 0 Å². The molecule has 0 saturated carbocycles. The number of para-hydroxylation sites is 3. The van der Waals surface area contributed by atoms with Gasteiger partial charge in [-0.1, -0.05) is 37.3 Å². The molecule has 0 saturated heterocycles. The molecule has 1 atom stereocenters. The van der Waals surface area contributed by atoms with Gasteiger partial charge in [-0.2, -0.15) is 0 Å². The molecule has 0 fully saturated rings. The maximum atomic E-state index is 12.6. The number of amides is 1. The van der Waals surface area contributed by atoms with Crippen LogP contribution in [0.1, 0.15) is 26.2 Å². The molecule has 1 unspecified atom stereocenters. The molecule has 2 aromatic carbocycles. The number of nitrogens with zero attached hydrogens (tertiary/aromatic N) is 1. The number of hydrogen-bond donors (Lipinski definition) is 1. The van der Waals surface area contributed by atoms with Crippen LogP contribution in [0.3, 0.4) is 0 Å². The van der Waals surface area contributed by atoms with Crippen molar-refractivity contribution in [1.82, 2.24) is 0 Å². The fourth-order valence-electron chi connectivity index (χ4n) is 2.97. The Balaban J connectivity index is 1.54. The highest BCUT2D eigenvalue weighted by molar-refractivity contribution is 6.04. The molecule has 126 valence electrons. The number of anilines is 2. The molecular formula is C20H24N2O2. The molecule has 2 aromatic rings. The van der Waals surface area contributed by atoms with Gasteiger partial charge in [0.1, 0.15) is 11.8 Å². The third-order valence-electron chi connectivity index (χ3n) is 4.28. The fraction of sp³-hybridized carbons (Fsp3) is 0.350. The topological polar surface area (TPSA) is 41.6 Å². The number of fused-ring (bicyclic) bond motifs is 1. The minimum absolute atomic E-state index is 0.125. The Kier molecular flexibility index (Phi) is 5.36. The van der Waals surface area contributed by atoms with Crippen molar-refractivity contribution in [3.05, 3.63) is 54.6 Å². The van der Waals surface area contributed by atoms with E-state index in [1.54, 1.807) is 0 Å². The number of nitrogens with one attached hydrogen (secondary N) is 1. The molecule has 1 aliphatic heterocycles. The molecule has 0 aromatic heterocycles. The van der Waals surface area contributed by atoms with Crippen molar-refractivity contribution in [2.24, 2.45) is 0 Å². The van der Waals surface area contributed by atoms with E-state index < -0.39 is 0 Å². The Morgan fingerprint density at radius 3 is 2.58 bits per heavy atom. The van der Waals surface area contributed by atoms with E-state index in [0.717, 1.165) is 42.9 Å². The summed E-state index contributed by atoms with van der Waals surface area (Å²) in [6.45, 7) is 3.44. The Hall–Kier alpha value is -2.49. The lowest BCUT2D eigenvalue weighted by atomic mass is 10.1. The summed E-state index contributed by atoms with van der Waals surface area (Å²) in [6.07, 6.45) is 2.63. The third kappa shape index (κ3) is 3.70. The summed E-state index contributed by atoms with van der Waals surface area (Å²) in [5.41, 5.74) is 2.03. The first kappa shape index (κ1) is 16.4. The fourth-order valence-corrected chi connectivity index (χ4v) is 2.97. The second-order valence-electron chi connectivity index (χ2n) is 5.98. The minimum Gasteiger partial charge on any atom is -0.494 e. The maximum absolute atomic E-state index is 12.6. The Bertz CT molecular complexity index is 672. The molecule has 0 aliphatic carbocycles. The lowest BCUT2D eigenvalue weighted by Crippen LogP contribution is -2.47. The predicted octanol–water partition coefficient (Wildman–Crippen LogP) is 4.08. The second kappa shape index (κ2) is 7.86. The van der Waals surface area contributed by atoms with Crippen molar-refractivity contribution in [2.75, 3.05) is 23.4 Å². The molecule has 4 nitrogen and oxygen atoms in total. The summed E-state index contributed by atoms with van der Waals surface area (Å²) in [5.74, 6) is 1.06. The van der Waals surface area contributed by atoms with Crippen molar-refractivity contribution in [1.29, 1.82) is 0 Å². The van der Waals surface area contributed by atoms with Crippen LogP contribution in [0.15, 0.2) is 54.6 Å². The highest BCUT2D eigenvalue weighted by atomic mass is 16.5. The number of ether oxygens (including phenoxy) is 1. The lowest BCUT2D eigenvalue weighted by molar-refractivity contribution is -0.119. The molecule has 3 rings (SSSR count). The zero-order valence-electron chi connectivity index (χ0n) is 14.1. The van der Waals surface area contributed by atoms with Gasteiger partial charge in [0.2, 0.25) is 5.91 Å². The van der Waals surface area contributed by atoms with E-state index in [1.165, 1.54) is 0 Å². The van der Waals surface area contributed by atoms with Crippen LogP contribution in [0.5, 0.6) is 5.75 Å². The summed E-state index contributed by atoms with van der Waals surface area (Å²) >= 11 is 0. The number of rotatable bonds is 7. The number of hydrogen-bond acceptors (Lipinski definition) is 3. The molecule has 1 amide bonds. The Labute approximate surface area is 143 Å². The minimum atomic E-state index is -0.125. The molecule has 1 aliphatic rings. The van der Waals surface area contributed by atoms with Gasteiger partial charge in [0.25, 0.3) is 0 Å². The number of unbranched alkanes of at least 4 members (excludes halogenated alkanes) is 1. The van der Waals surface area contributed by atoms with Gasteiger partial charge < -0.3 is 15.0 Å². The lowest BCUT2D eigenvalue weighted by Gasteiger charge is -2.35. The first-order valence-corrected chi connectivity index (χ1v) is 8.64. The van der Waals surface area contributed by atoms with Gasteiger partial charge in [-0.3, -0.25) is 4.79 Å².